The van der Waals surface area contributed by atoms with Crippen LogP contribution in [0.1, 0.15) is 118 Å². The van der Waals surface area contributed by atoms with E-state index >= 15 is 0 Å². The Balaban J connectivity index is 0.577. The molecule has 4 saturated heterocycles. The van der Waals surface area contributed by atoms with Crippen LogP contribution in [0.15, 0.2) is 152 Å². The number of benzene rings is 5. The van der Waals surface area contributed by atoms with Crippen LogP contribution in [0.4, 0.5) is 0 Å². The number of piperidine rings is 3. The van der Waals surface area contributed by atoms with Gasteiger partial charge in [-0.1, -0.05) is 92.1 Å². The Morgan fingerprint density at radius 2 is 1.12 bits per heavy atom. The summed E-state index contributed by atoms with van der Waals surface area (Å²) in [6.45, 7) is 14.4. The molecule has 444 valence electrons. The van der Waals surface area contributed by atoms with Gasteiger partial charge in [-0.2, -0.15) is 0 Å². The maximum Gasteiger partial charge on any atom is 0.251 e. The number of ether oxygens (including phenoxy) is 1. The summed E-state index contributed by atoms with van der Waals surface area (Å²) in [5, 5.41) is 8.56. The number of carbonyl (C=O) groups excluding carboxylic acids is 3. The number of rotatable bonds is 22. The predicted molar refractivity (Wildman–Crippen MR) is 339 cm³/mol. The van der Waals surface area contributed by atoms with Gasteiger partial charge in [-0.25, -0.2) is 0 Å². The van der Waals surface area contributed by atoms with Crippen LogP contribution in [0, 0.1) is 17.8 Å². The minimum Gasteiger partial charge on any atom is -0.497 e. The van der Waals surface area contributed by atoms with Crippen molar-refractivity contribution in [2.45, 2.75) is 103 Å². The first-order chi connectivity index (χ1) is 41.7. The third-order valence-corrected chi connectivity index (χ3v) is 18.7. The largest absolute Gasteiger partial charge is 0.497 e. The van der Waals surface area contributed by atoms with Gasteiger partial charge in [0.1, 0.15) is 5.75 Å². The molecule has 5 aromatic carbocycles. The smallest absolute Gasteiger partial charge is 0.251 e. The number of amides is 3. The first-order valence-electron chi connectivity index (χ1n) is 31.7. The number of nitrogens with one attached hydrogen (secondary N) is 2. The van der Waals surface area contributed by atoms with Gasteiger partial charge in [0.15, 0.2) is 0 Å². The summed E-state index contributed by atoms with van der Waals surface area (Å²) in [6, 6.07) is 45.6. The average molecular weight is 1140 g/mol. The zero-order valence-corrected chi connectivity index (χ0v) is 50.0. The van der Waals surface area contributed by atoms with Crippen LogP contribution < -0.4 is 15.4 Å². The van der Waals surface area contributed by atoms with Gasteiger partial charge >= 0.3 is 0 Å². The summed E-state index contributed by atoms with van der Waals surface area (Å²) in [6.07, 6.45) is 18.3. The number of nitrogens with zero attached hydrogens (tertiary/aromatic N) is 7. The molecule has 0 radical (unpaired) electrons. The average Bonchev–Trinajstić information content (AvgIpc) is 3.95. The topological polar surface area (TPSA) is 126 Å². The summed E-state index contributed by atoms with van der Waals surface area (Å²) in [5.41, 5.74) is 10.7. The van der Waals surface area contributed by atoms with Crippen molar-refractivity contribution in [3.05, 3.63) is 197 Å². The molecule has 2 N–H and O–H groups in total. The number of aromatic nitrogens is 2. The van der Waals surface area contributed by atoms with E-state index in [2.05, 4.69) is 125 Å². The van der Waals surface area contributed by atoms with Crippen LogP contribution in [-0.2, 0) is 43.9 Å². The normalized spacial score (nSPS) is 17.4. The highest BCUT2D eigenvalue weighted by molar-refractivity contribution is 5.99. The lowest BCUT2D eigenvalue weighted by Crippen LogP contribution is -2.43. The van der Waals surface area contributed by atoms with E-state index in [-0.39, 0.29) is 17.7 Å². The number of hydrogen-bond donors (Lipinski definition) is 2. The van der Waals surface area contributed by atoms with E-state index in [0.29, 0.717) is 24.6 Å². The van der Waals surface area contributed by atoms with E-state index in [0.717, 1.165) is 168 Å². The minimum absolute atomic E-state index is 0.0130. The molecular formula is C72H87N9O4. The number of methoxy groups -OCH3 is 1. The molecule has 4 aliphatic rings. The molecule has 7 aromatic rings. The van der Waals surface area contributed by atoms with Crippen molar-refractivity contribution >= 4 is 28.5 Å². The highest BCUT2D eigenvalue weighted by atomic mass is 16.5. The van der Waals surface area contributed by atoms with Crippen molar-refractivity contribution < 1.29 is 19.1 Å². The molecule has 11 rings (SSSR count). The number of carbonyl (C=O) groups is 3. The first-order valence-corrected chi connectivity index (χ1v) is 31.7. The summed E-state index contributed by atoms with van der Waals surface area (Å²) in [4.78, 5) is 61.5. The van der Waals surface area contributed by atoms with E-state index in [1.807, 2.05) is 67.1 Å². The second-order valence-electron chi connectivity index (χ2n) is 24.5. The predicted octanol–water partition coefficient (Wildman–Crippen LogP) is 11.4. The molecule has 13 heteroatoms. The van der Waals surface area contributed by atoms with Crippen LogP contribution in [0.5, 0.6) is 5.75 Å². The maximum atomic E-state index is 13.6. The lowest BCUT2D eigenvalue weighted by atomic mass is 9.86. The Morgan fingerprint density at radius 3 is 1.81 bits per heavy atom. The van der Waals surface area contributed by atoms with Gasteiger partial charge in [0.05, 0.1) is 12.8 Å². The maximum absolute atomic E-state index is 13.6. The Morgan fingerprint density at radius 1 is 0.518 bits per heavy atom. The second-order valence-corrected chi connectivity index (χ2v) is 24.5. The van der Waals surface area contributed by atoms with Gasteiger partial charge in [-0.15, -0.1) is 0 Å². The second kappa shape index (κ2) is 29.7. The number of pyridine rings is 2. The van der Waals surface area contributed by atoms with E-state index in [9.17, 15) is 14.4 Å². The lowest BCUT2D eigenvalue weighted by molar-refractivity contribution is -0.137. The summed E-state index contributed by atoms with van der Waals surface area (Å²) >= 11 is 0. The Bertz CT molecular complexity index is 3280. The lowest BCUT2D eigenvalue weighted by Gasteiger charge is -2.34. The fourth-order valence-electron chi connectivity index (χ4n) is 13.6. The Kier molecular flexibility index (Phi) is 20.8. The Labute approximate surface area is 504 Å². The van der Waals surface area contributed by atoms with E-state index in [1.54, 1.807) is 7.11 Å². The minimum atomic E-state index is -0.0876. The zero-order chi connectivity index (χ0) is 58.2. The molecule has 0 bridgehead atoms. The van der Waals surface area contributed by atoms with Crippen LogP contribution in [0.25, 0.3) is 22.0 Å². The van der Waals surface area contributed by atoms with Gasteiger partial charge in [-0.05, 0) is 207 Å². The van der Waals surface area contributed by atoms with Crippen LogP contribution >= 0.6 is 0 Å². The zero-order valence-electron chi connectivity index (χ0n) is 50.0. The number of fused-ring (bicyclic) bond motifs is 1. The SMILES string of the molecule is COc1ccc(CCNC(=O)c2cccc(CN3CCC(CCCC4CCN(Cc5ccnc(-c6ccc(CNC(=O)c7ccc(CN8CCCN(C(=O)C9CCN(Cc%10ccncc%10)CC9)CC8)cc7)c7ccccc67)c5)CC4)CC3)c2)cc1. The van der Waals surface area contributed by atoms with Gasteiger partial charge in [0.2, 0.25) is 5.91 Å². The quantitative estimate of drug-likeness (QED) is 0.0677. The van der Waals surface area contributed by atoms with Crippen molar-refractivity contribution in [1.82, 2.24) is 45.1 Å². The highest BCUT2D eigenvalue weighted by Crippen LogP contribution is 2.33. The fourth-order valence-corrected chi connectivity index (χ4v) is 13.6. The van der Waals surface area contributed by atoms with Gasteiger partial charge in [0.25, 0.3) is 11.8 Å². The third kappa shape index (κ3) is 16.6. The molecule has 0 atom stereocenters. The molecule has 4 fully saturated rings. The van der Waals surface area contributed by atoms with E-state index < -0.39 is 0 Å². The fraction of sp³-hybridized carbons (Fsp3) is 0.431. The van der Waals surface area contributed by atoms with Crippen molar-refractivity contribution in [3.8, 4) is 17.0 Å². The molecule has 0 spiro atoms. The molecule has 3 amide bonds. The molecule has 6 heterocycles. The van der Waals surface area contributed by atoms with Crippen molar-refractivity contribution in [2.24, 2.45) is 17.8 Å². The molecule has 13 nitrogen and oxygen atoms in total. The molecule has 85 heavy (non-hydrogen) atoms. The van der Waals surface area contributed by atoms with Crippen LogP contribution in [0.2, 0.25) is 0 Å². The molecular weight excluding hydrogens is 1050 g/mol. The third-order valence-electron chi connectivity index (χ3n) is 18.7. The molecule has 4 aliphatic heterocycles. The number of likely N-dealkylation sites (tertiary alicyclic amines) is 3. The van der Waals surface area contributed by atoms with Crippen molar-refractivity contribution in [3.63, 3.8) is 0 Å². The van der Waals surface area contributed by atoms with Crippen molar-refractivity contribution in [1.29, 1.82) is 0 Å². The van der Waals surface area contributed by atoms with Crippen LogP contribution in [0.3, 0.4) is 0 Å². The molecule has 0 saturated carbocycles. The van der Waals surface area contributed by atoms with Gasteiger partial charge in [-0.3, -0.25) is 44.0 Å². The molecule has 0 unspecified atom stereocenters. The van der Waals surface area contributed by atoms with Crippen molar-refractivity contribution in [2.75, 3.05) is 79.1 Å². The number of hydrogen-bond acceptors (Lipinski definition) is 10. The summed E-state index contributed by atoms with van der Waals surface area (Å²) in [7, 11) is 1.67. The molecule has 2 aromatic heterocycles. The van der Waals surface area contributed by atoms with Crippen LogP contribution in [-0.4, -0.2) is 131 Å². The highest BCUT2D eigenvalue weighted by Gasteiger charge is 2.30. The van der Waals surface area contributed by atoms with Gasteiger partial charge in [0, 0.05) is 107 Å². The van der Waals surface area contributed by atoms with Gasteiger partial charge < -0.3 is 20.3 Å². The monoisotopic (exact) mass is 1140 g/mol. The summed E-state index contributed by atoms with van der Waals surface area (Å²) in [5.74, 6) is 2.80. The first kappa shape index (κ1) is 59.4. The standard InChI is InChI=1S/C72H87N9O4/c1-85-65-20-15-56(16-21-65)25-36-75-71(83)63-10-5-9-59(47-63)52-78-39-27-54(28-40-78)7-4-8-55-29-41-79(42-30-55)53-60-26-35-74-69(48-60)68-22-19-64(66-11-2-3-12-67(66)68)49-76-70(82)61-17-13-57(14-18-61)50-77-37-6-38-81(46-45-77)72(84)62-31-43-80(44-32-62)51-58-23-33-73-34-24-58/h2-3,5,9-24,26,33-35,47-48,54-55,62H,4,6-8,25,27-32,36-46,49-53H2,1H3,(H,75,83)(H,76,82). The Hall–Kier alpha value is -7.29. The van der Waals surface area contributed by atoms with E-state index in [1.165, 1.54) is 72.8 Å². The van der Waals surface area contributed by atoms with E-state index in [4.69, 9.17) is 9.72 Å². The summed E-state index contributed by atoms with van der Waals surface area (Å²) < 4.78 is 5.26. The molecule has 0 aliphatic carbocycles.